The van der Waals surface area contributed by atoms with Crippen LogP contribution in [0.3, 0.4) is 0 Å². The molecule has 290 valence electrons. The van der Waals surface area contributed by atoms with Crippen molar-refractivity contribution in [2.24, 2.45) is 22.9 Å². The van der Waals surface area contributed by atoms with Crippen molar-refractivity contribution in [2.75, 3.05) is 26.2 Å². The highest BCUT2D eigenvalue weighted by atomic mass is 32.3. The van der Waals surface area contributed by atoms with Crippen LogP contribution in [0.1, 0.15) is 38.5 Å². The number of carbonyl (C=O) groups is 4. The largest absolute Gasteiger partial charge is 0.394 e. The fourth-order valence-electron chi connectivity index (χ4n) is 3.17. The number of amidine groups is 2. The molecule has 0 aliphatic carbocycles. The Morgan fingerprint density at radius 3 is 1.16 bits per heavy atom. The highest BCUT2D eigenvalue weighted by molar-refractivity contribution is 7.80. The van der Waals surface area contributed by atoms with Gasteiger partial charge in [-0.15, -0.1) is 0 Å². The number of aliphatic hydroxyl groups is 2. The lowest BCUT2D eigenvalue weighted by molar-refractivity contribution is -0.122. The Labute approximate surface area is 288 Å². The van der Waals surface area contributed by atoms with Crippen LogP contribution in [0.15, 0.2) is 24.3 Å². The molecule has 0 rings (SSSR count). The first-order chi connectivity index (χ1) is 22.8. The van der Waals surface area contributed by atoms with Gasteiger partial charge in [-0.05, 0) is 12.8 Å². The highest BCUT2D eigenvalue weighted by Gasteiger charge is 2.16. The van der Waals surface area contributed by atoms with Crippen LogP contribution in [-0.2, 0) is 40.0 Å². The smallest absolute Gasteiger partial charge is 0.391 e. The third-order valence-corrected chi connectivity index (χ3v) is 5.11. The van der Waals surface area contributed by atoms with Crippen molar-refractivity contribution in [1.29, 1.82) is 10.8 Å². The molecular formula is C24H48N10O14S2. The normalized spacial score (nSPS) is 13.7. The van der Waals surface area contributed by atoms with Gasteiger partial charge in [0.1, 0.15) is 0 Å². The second-order valence-electron chi connectivity index (χ2n) is 10.1. The van der Waals surface area contributed by atoms with Crippen molar-refractivity contribution in [3.63, 3.8) is 0 Å². The third-order valence-electron chi connectivity index (χ3n) is 5.11. The molecule has 26 heteroatoms. The van der Waals surface area contributed by atoms with Crippen LogP contribution in [0.5, 0.6) is 0 Å². The first kappa shape index (κ1) is 50.3. The molecule has 0 aliphatic rings. The van der Waals surface area contributed by atoms with Crippen molar-refractivity contribution in [2.45, 2.75) is 62.8 Å². The summed E-state index contributed by atoms with van der Waals surface area (Å²) < 4.78 is 63.2. The van der Waals surface area contributed by atoms with E-state index < -0.39 is 56.9 Å². The van der Waals surface area contributed by atoms with Gasteiger partial charge in [0, 0.05) is 76.1 Å². The molecular weight excluding hydrogens is 716 g/mol. The van der Waals surface area contributed by atoms with Crippen molar-refractivity contribution in [1.82, 2.24) is 21.3 Å². The van der Waals surface area contributed by atoms with Gasteiger partial charge in [-0.2, -0.15) is 16.8 Å². The van der Waals surface area contributed by atoms with Gasteiger partial charge in [0.15, 0.2) is 0 Å². The minimum atomic E-state index is -4.67. The number of nitrogens with one attached hydrogen (secondary N) is 6. The Balaban J connectivity index is -0.00000192. The molecule has 0 aromatic carbocycles. The lowest BCUT2D eigenvalue weighted by Gasteiger charge is -2.16. The van der Waals surface area contributed by atoms with Crippen molar-refractivity contribution >= 4 is 56.1 Å². The maximum Gasteiger partial charge on any atom is 0.394 e. The Bertz CT molecular complexity index is 1240. The quantitative estimate of drug-likeness (QED) is 0.0171. The van der Waals surface area contributed by atoms with Gasteiger partial charge < -0.3 is 54.4 Å². The van der Waals surface area contributed by atoms with Gasteiger partial charge in [-0.3, -0.25) is 48.2 Å². The third kappa shape index (κ3) is 48.3. The number of nitrogens with two attached hydrogens (primary N) is 4. The second-order valence-corrected chi connectivity index (χ2v) is 11.9. The first-order valence-corrected chi connectivity index (χ1v) is 16.9. The average Bonchev–Trinajstić information content (AvgIpc) is 2.90. The van der Waals surface area contributed by atoms with E-state index in [1.54, 1.807) is 0 Å². The van der Waals surface area contributed by atoms with Crippen molar-refractivity contribution in [3.8, 4) is 0 Å². The van der Waals surface area contributed by atoms with Crippen LogP contribution in [0, 0.1) is 10.8 Å². The summed E-state index contributed by atoms with van der Waals surface area (Å²) in [4.78, 5) is 47.2. The summed E-state index contributed by atoms with van der Waals surface area (Å²) in [5.74, 6) is -1.78. The first-order valence-electron chi connectivity index (χ1n) is 14.1. The Morgan fingerprint density at radius 1 is 0.620 bits per heavy atom. The molecule has 0 aromatic rings. The molecule has 0 spiro atoms. The van der Waals surface area contributed by atoms with Gasteiger partial charge in [-0.1, -0.05) is 12.2 Å². The topological polar surface area (TPSA) is 458 Å². The SMILES string of the molecule is N=C(N)CCNC(=O)CC(N)CC(O)CNC(=O)/C=C/C=C/C(=O)NCC(O)CC(N)CC(=O)NCCC(=N)N.O=S(=O)(O)O.O=S(=O)(O)O. The van der Waals surface area contributed by atoms with Crippen molar-refractivity contribution in [3.05, 3.63) is 24.3 Å². The Morgan fingerprint density at radius 2 is 0.900 bits per heavy atom. The molecule has 24 nitrogen and oxygen atoms in total. The minimum absolute atomic E-state index is 0.0279. The number of hydrogen-bond acceptors (Lipinski definition) is 14. The molecule has 4 amide bonds. The summed E-state index contributed by atoms with van der Waals surface area (Å²) in [7, 11) is -9.33. The zero-order valence-electron chi connectivity index (χ0n) is 26.8. The monoisotopic (exact) mass is 764 g/mol. The molecule has 0 radical (unpaired) electrons. The summed E-state index contributed by atoms with van der Waals surface area (Å²) in [6.45, 7) is 0.275. The van der Waals surface area contributed by atoms with Gasteiger partial charge in [0.05, 0.1) is 23.9 Å². The highest BCUT2D eigenvalue weighted by Crippen LogP contribution is 2.01. The molecule has 4 atom stereocenters. The van der Waals surface area contributed by atoms with Crippen LogP contribution in [0.4, 0.5) is 0 Å². The molecule has 4 unspecified atom stereocenters. The van der Waals surface area contributed by atoms with Crippen LogP contribution >= 0.6 is 0 Å². The zero-order valence-corrected chi connectivity index (χ0v) is 28.4. The lowest BCUT2D eigenvalue weighted by Crippen LogP contribution is -2.38. The zero-order chi connectivity index (χ0) is 39.5. The molecule has 0 saturated carbocycles. The molecule has 0 aromatic heterocycles. The predicted octanol–water partition coefficient (Wildman–Crippen LogP) is -5.15. The summed E-state index contributed by atoms with van der Waals surface area (Å²) in [6, 6.07) is -1.25. The van der Waals surface area contributed by atoms with Crippen LogP contribution < -0.4 is 44.2 Å². The van der Waals surface area contributed by atoms with E-state index in [0.29, 0.717) is 0 Å². The van der Waals surface area contributed by atoms with E-state index in [-0.39, 0.29) is 88.2 Å². The predicted molar refractivity (Wildman–Crippen MR) is 178 cm³/mol. The average molecular weight is 765 g/mol. The fraction of sp³-hybridized carbons (Fsp3) is 0.583. The van der Waals surface area contributed by atoms with E-state index >= 15 is 0 Å². The number of allylic oxidation sites excluding steroid dienone is 2. The summed E-state index contributed by atoms with van der Waals surface area (Å²) >= 11 is 0. The van der Waals surface area contributed by atoms with E-state index in [0.717, 1.165) is 12.2 Å². The number of hydrogen-bond donors (Lipinski definition) is 16. The van der Waals surface area contributed by atoms with Crippen molar-refractivity contribution < 1.29 is 64.4 Å². The second kappa shape index (κ2) is 27.7. The van der Waals surface area contributed by atoms with E-state index in [1.807, 2.05) is 0 Å². The number of amides is 4. The summed E-state index contributed by atoms with van der Waals surface area (Å²) in [5, 5.41) is 44.3. The van der Waals surface area contributed by atoms with Crippen LogP contribution in [-0.4, -0.2) is 131 Å². The molecule has 0 aliphatic heterocycles. The molecule has 50 heavy (non-hydrogen) atoms. The summed E-state index contributed by atoms with van der Waals surface area (Å²) in [6.07, 6.45) is 3.54. The Hall–Kier alpha value is -4.12. The van der Waals surface area contributed by atoms with E-state index in [4.69, 9.17) is 68.8 Å². The molecule has 20 N–H and O–H groups in total. The maximum absolute atomic E-state index is 11.9. The van der Waals surface area contributed by atoms with Crippen LogP contribution in [0.25, 0.3) is 0 Å². The van der Waals surface area contributed by atoms with Gasteiger partial charge in [0.2, 0.25) is 23.6 Å². The molecule has 0 saturated heterocycles. The van der Waals surface area contributed by atoms with Gasteiger partial charge in [0.25, 0.3) is 0 Å². The number of rotatable bonds is 21. The molecule has 0 heterocycles. The fourth-order valence-corrected chi connectivity index (χ4v) is 3.17. The maximum atomic E-state index is 11.9. The van der Waals surface area contributed by atoms with E-state index in [2.05, 4.69) is 21.3 Å². The lowest BCUT2D eigenvalue weighted by atomic mass is 10.1. The van der Waals surface area contributed by atoms with E-state index in [9.17, 15) is 29.4 Å². The summed E-state index contributed by atoms with van der Waals surface area (Å²) in [5.41, 5.74) is 22.1. The Kier molecular flexibility index (Phi) is 27.8. The minimum Gasteiger partial charge on any atom is -0.391 e. The van der Waals surface area contributed by atoms with Crippen LogP contribution in [0.2, 0.25) is 0 Å². The molecule has 0 bridgehead atoms. The van der Waals surface area contributed by atoms with Gasteiger partial charge in [-0.25, -0.2) is 0 Å². The molecule has 0 fully saturated rings. The van der Waals surface area contributed by atoms with E-state index in [1.165, 1.54) is 12.2 Å². The number of aliphatic hydroxyl groups excluding tert-OH is 2. The number of carbonyl (C=O) groups excluding carboxylic acids is 4. The van der Waals surface area contributed by atoms with Gasteiger partial charge >= 0.3 is 20.8 Å². The standard InChI is InChI=1S/C24H44N10O6.2H2O4S/c25-15(11-23(39)31-7-5-19(27)28)9-17(35)13-33-21(37)3-1-2-4-22(38)34-14-18(36)10-16(26)12-24(40)32-8-6-20(29)30;2*1-5(2,3)4/h1-4,15-18,35-36H,5-14,25-26H2,(H3,27,28)(H3,29,30)(H,31,39)(H,32,40)(H,33,37)(H,34,38);2*(H2,1,2,3,4)/b3-1+,4-2+;;.